The van der Waals surface area contributed by atoms with Gasteiger partial charge in [-0.05, 0) is 24.6 Å². The number of anilines is 1. The first-order valence-electron chi connectivity index (χ1n) is 5.49. The van der Waals surface area contributed by atoms with Crippen molar-refractivity contribution < 1.29 is 19.4 Å². The molecule has 0 spiro atoms. The van der Waals surface area contributed by atoms with Gasteiger partial charge in [-0.2, -0.15) is 0 Å². The number of hydrogen-bond donors (Lipinski definition) is 2. The molecule has 5 heteroatoms. The van der Waals surface area contributed by atoms with Crippen molar-refractivity contribution in [2.75, 3.05) is 12.3 Å². The van der Waals surface area contributed by atoms with Gasteiger partial charge in [-0.1, -0.05) is 18.2 Å². The predicted octanol–water partition coefficient (Wildman–Crippen LogP) is 1.93. The van der Waals surface area contributed by atoms with Crippen molar-refractivity contribution in [2.45, 2.75) is 13.3 Å². The molecule has 0 bridgehead atoms. The first-order valence-corrected chi connectivity index (χ1v) is 5.49. The average molecular weight is 249 g/mol. The summed E-state index contributed by atoms with van der Waals surface area (Å²) in [5, 5.41) is 8.50. The summed E-state index contributed by atoms with van der Waals surface area (Å²) >= 11 is 0. The Morgan fingerprint density at radius 3 is 2.78 bits per heavy atom. The van der Waals surface area contributed by atoms with E-state index in [2.05, 4.69) is 0 Å². The van der Waals surface area contributed by atoms with Gasteiger partial charge in [0.2, 0.25) is 0 Å². The first kappa shape index (κ1) is 13.8. The van der Waals surface area contributed by atoms with Crippen molar-refractivity contribution >= 4 is 23.7 Å². The van der Waals surface area contributed by atoms with E-state index >= 15 is 0 Å². The van der Waals surface area contributed by atoms with Gasteiger partial charge in [0.25, 0.3) is 0 Å². The molecule has 1 aromatic carbocycles. The van der Waals surface area contributed by atoms with Crippen molar-refractivity contribution in [3.63, 3.8) is 0 Å². The van der Waals surface area contributed by atoms with Gasteiger partial charge in [-0.3, -0.25) is 4.79 Å². The van der Waals surface area contributed by atoms with Crippen LogP contribution >= 0.6 is 0 Å². The van der Waals surface area contributed by atoms with Crippen LogP contribution in [0.5, 0.6) is 0 Å². The number of carboxylic acids is 1. The molecule has 5 nitrogen and oxygen atoms in total. The Morgan fingerprint density at radius 1 is 1.44 bits per heavy atom. The van der Waals surface area contributed by atoms with Gasteiger partial charge in [-0.25, -0.2) is 4.79 Å². The molecule has 1 rings (SSSR count). The number of carbonyl (C=O) groups excluding carboxylic acids is 1. The lowest BCUT2D eigenvalue weighted by molar-refractivity contribution is -0.135. The van der Waals surface area contributed by atoms with E-state index in [1.54, 1.807) is 31.2 Å². The lowest BCUT2D eigenvalue weighted by atomic mass is 10.1. The molecule has 0 aliphatic heterocycles. The number of esters is 1. The summed E-state index contributed by atoms with van der Waals surface area (Å²) in [6.45, 7) is 1.99. The van der Waals surface area contributed by atoms with Gasteiger partial charge in [0.05, 0.1) is 18.6 Å². The van der Waals surface area contributed by atoms with Gasteiger partial charge in [0, 0.05) is 5.69 Å². The van der Waals surface area contributed by atoms with Crippen LogP contribution in [-0.2, 0) is 9.53 Å². The molecule has 18 heavy (non-hydrogen) atoms. The quantitative estimate of drug-likeness (QED) is 0.614. The number of carboxylic acid groups (broad SMARTS) is 1. The molecular formula is C13H15NO4. The highest BCUT2D eigenvalue weighted by Gasteiger charge is 2.10. The van der Waals surface area contributed by atoms with Crippen LogP contribution in [0, 0.1) is 0 Å². The van der Waals surface area contributed by atoms with Crippen LogP contribution in [0.3, 0.4) is 0 Å². The Labute approximate surface area is 105 Å². The summed E-state index contributed by atoms with van der Waals surface area (Å²) in [6.07, 6.45) is 3.05. The molecule has 1 aromatic rings. The normalized spacial score (nSPS) is 10.5. The highest BCUT2D eigenvalue weighted by atomic mass is 16.5. The third-order valence-electron chi connectivity index (χ3n) is 2.18. The summed E-state index contributed by atoms with van der Waals surface area (Å²) in [6, 6.07) is 4.87. The summed E-state index contributed by atoms with van der Waals surface area (Å²) in [5.74, 6) is -1.39. The fourth-order valence-corrected chi connectivity index (χ4v) is 1.36. The number of aliphatic carboxylic acids is 1. The van der Waals surface area contributed by atoms with Gasteiger partial charge in [-0.15, -0.1) is 0 Å². The van der Waals surface area contributed by atoms with Crippen LogP contribution in [0.25, 0.3) is 6.08 Å². The van der Waals surface area contributed by atoms with Crippen LogP contribution in [0.4, 0.5) is 5.69 Å². The molecule has 0 unspecified atom stereocenters. The zero-order valence-electron chi connectivity index (χ0n) is 10.1. The van der Waals surface area contributed by atoms with Gasteiger partial charge >= 0.3 is 11.9 Å². The number of carbonyl (C=O) groups is 2. The topological polar surface area (TPSA) is 89.6 Å². The summed E-state index contributed by atoms with van der Waals surface area (Å²) in [4.78, 5) is 21.9. The molecule has 0 atom stereocenters. The molecule has 3 N–H and O–H groups in total. The van der Waals surface area contributed by atoms with E-state index in [9.17, 15) is 9.59 Å². The first-order chi connectivity index (χ1) is 8.54. The maximum absolute atomic E-state index is 11.6. The van der Waals surface area contributed by atoms with Crippen molar-refractivity contribution in [2.24, 2.45) is 0 Å². The average Bonchev–Trinajstić information content (AvgIpc) is 2.31. The van der Waals surface area contributed by atoms with Crippen LogP contribution in [0.1, 0.15) is 29.3 Å². The second-order valence-electron chi connectivity index (χ2n) is 3.57. The molecule has 96 valence electrons. The second kappa shape index (κ2) is 6.44. The van der Waals surface area contributed by atoms with E-state index in [4.69, 9.17) is 15.6 Å². The fraction of sp³-hybridized carbons (Fsp3) is 0.231. The Morgan fingerprint density at radius 2 is 2.17 bits per heavy atom. The molecule has 0 aromatic heterocycles. The number of rotatable bonds is 5. The van der Waals surface area contributed by atoms with E-state index in [1.165, 1.54) is 6.08 Å². The lowest BCUT2D eigenvalue weighted by Gasteiger charge is -2.06. The summed E-state index contributed by atoms with van der Waals surface area (Å²) in [5.41, 5.74) is 7.00. The molecule has 0 aliphatic rings. The van der Waals surface area contributed by atoms with Gasteiger partial charge in [0.1, 0.15) is 0 Å². The Kier molecular flexibility index (Phi) is 4.92. The highest BCUT2D eigenvalue weighted by Crippen LogP contribution is 2.16. The standard InChI is InChI=1S/C13H15NO4/c1-2-18-13(17)10-8-9(6-7-11(10)14)4-3-5-12(15)16/h3-4,6-8H,2,5,14H2,1H3,(H,15,16). The van der Waals surface area contributed by atoms with Crippen molar-refractivity contribution in [1.82, 2.24) is 0 Å². The molecular weight excluding hydrogens is 234 g/mol. The smallest absolute Gasteiger partial charge is 0.340 e. The molecule has 0 radical (unpaired) electrons. The monoisotopic (exact) mass is 249 g/mol. The van der Waals surface area contributed by atoms with Gasteiger partial charge < -0.3 is 15.6 Å². The zero-order chi connectivity index (χ0) is 13.5. The third kappa shape index (κ3) is 3.93. The molecule has 0 amide bonds. The number of nitrogen functional groups attached to an aromatic ring is 1. The van der Waals surface area contributed by atoms with Crippen molar-refractivity contribution in [3.05, 3.63) is 35.4 Å². The SMILES string of the molecule is CCOC(=O)c1cc(C=CCC(=O)O)ccc1N. The third-order valence-corrected chi connectivity index (χ3v) is 2.18. The van der Waals surface area contributed by atoms with E-state index < -0.39 is 11.9 Å². The van der Waals surface area contributed by atoms with E-state index in [0.717, 1.165) is 0 Å². The Hall–Kier alpha value is -2.30. The maximum atomic E-state index is 11.6. The fourth-order valence-electron chi connectivity index (χ4n) is 1.36. The lowest BCUT2D eigenvalue weighted by Crippen LogP contribution is -2.08. The maximum Gasteiger partial charge on any atom is 0.340 e. The van der Waals surface area contributed by atoms with Gasteiger partial charge in [0.15, 0.2) is 0 Å². The largest absolute Gasteiger partial charge is 0.481 e. The van der Waals surface area contributed by atoms with E-state index in [1.807, 2.05) is 0 Å². The second-order valence-corrected chi connectivity index (χ2v) is 3.57. The van der Waals surface area contributed by atoms with Crippen LogP contribution in [-0.4, -0.2) is 23.7 Å². The molecule has 0 fully saturated rings. The van der Waals surface area contributed by atoms with Crippen LogP contribution in [0.2, 0.25) is 0 Å². The Bertz CT molecular complexity index is 480. The minimum Gasteiger partial charge on any atom is -0.481 e. The minimum atomic E-state index is -0.910. The number of ether oxygens (including phenoxy) is 1. The van der Waals surface area contributed by atoms with Crippen LogP contribution < -0.4 is 5.73 Å². The van der Waals surface area contributed by atoms with Crippen LogP contribution in [0.15, 0.2) is 24.3 Å². The van der Waals surface area contributed by atoms with E-state index in [0.29, 0.717) is 11.3 Å². The van der Waals surface area contributed by atoms with E-state index in [-0.39, 0.29) is 18.6 Å². The number of nitrogens with two attached hydrogens (primary N) is 1. The summed E-state index contributed by atoms with van der Waals surface area (Å²) < 4.78 is 4.87. The zero-order valence-corrected chi connectivity index (χ0v) is 10.1. The summed E-state index contributed by atoms with van der Waals surface area (Å²) in [7, 11) is 0. The molecule has 0 aliphatic carbocycles. The minimum absolute atomic E-state index is 0.0703. The molecule has 0 saturated carbocycles. The number of hydrogen-bond acceptors (Lipinski definition) is 4. The molecule has 0 heterocycles. The highest BCUT2D eigenvalue weighted by molar-refractivity contribution is 5.95. The van der Waals surface area contributed by atoms with Crippen molar-refractivity contribution in [1.29, 1.82) is 0 Å². The number of benzene rings is 1. The van der Waals surface area contributed by atoms with Crippen molar-refractivity contribution in [3.8, 4) is 0 Å². The molecule has 0 saturated heterocycles. The Balaban J connectivity index is 2.90. The predicted molar refractivity (Wildman–Crippen MR) is 68.1 cm³/mol.